The highest BCUT2D eigenvalue weighted by molar-refractivity contribution is 7.10. The smallest absolute Gasteiger partial charge is 0.267 e. The Labute approximate surface area is 184 Å². The minimum Gasteiger partial charge on any atom is -0.497 e. The van der Waals surface area contributed by atoms with Crippen molar-refractivity contribution < 1.29 is 14.3 Å². The molecule has 1 aromatic heterocycles. The second kappa shape index (κ2) is 10.6. The van der Waals surface area contributed by atoms with Crippen LogP contribution in [0.2, 0.25) is 5.02 Å². The maximum absolute atomic E-state index is 12.8. The number of methoxy groups -OCH3 is 1. The number of benzene rings is 2. The van der Waals surface area contributed by atoms with Gasteiger partial charge in [-0.15, -0.1) is 11.3 Å². The molecule has 5 nitrogen and oxygen atoms in total. The molecule has 0 bridgehead atoms. The number of carbonyl (C=O) groups is 2. The lowest BCUT2D eigenvalue weighted by atomic mass is 10.1. The Balaban J connectivity index is 1.67. The number of hydrogen-bond donors (Lipinski definition) is 2. The lowest BCUT2D eigenvalue weighted by Crippen LogP contribution is -2.35. The molecule has 0 saturated carbocycles. The number of nitrogens with one attached hydrogen (secondary N) is 2. The molecule has 0 spiro atoms. The highest BCUT2D eigenvalue weighted by Gasteiger charge is 2.15. The third-order valence-electron chi connectivity index (χ3n) is 4.29. The first-order valence-corrected chi connectivity index (χ1v) is 10.5. The van der Waals surface area contributed by atoms with Crippen molar-refractivity contribution in [1.82, 2.24) is 10.6 Å². The fourth-order valence-electron chi connectivity index (χ4n) is 2.68. The van der Waals surface area contributed by atoms with E-state index in [1.807, 2.05) is 41.8 Å². The molecule has 0 unspecified atom stereocenters. The normalized spacial score (nSPS) is 11.1. The SMILES string of the molecule is COc1ccc(C(=O)N/C(=C\c2cccs2)C(=O)NCCc2ccc(Cl)cc2)cc1. The number of halogens is 1. The molecule has 3 rings (SSSR count). The predicted molar refractivity (Wildman–Crippen MR) is 121 cm³/mol. The summed E-state index contributed by atoms with van der Waals surface area (Å²) >= 11 is 7.38. The monoisotopic (exact) mass is 440 g/mol. The Hall–Kier alpha value is -3.09. The van der Waals surface area contributed by atoms with Crippen LogP contribution in [0, 0.1) is 0 Å². The molecule has 7 heteroatoms. The summed E-state index contributed by atoms with van der Waals surface area (Å²) < 4.78 is 5.11. The maximum atomic E-state index is 12.8. The Morgan fingerprint density at radius 2 is 1.80 bits per heavy atom. The van der Waals surface area contributed by atoms with Gasteiger partial charge in [-0.25, -0.2) is 0 Å². The average Bonchev–Trinajstić information content (AvgIpc) is 3.28. The first-order valence-electron chi connectivity index (χ1n) is 9.28. The van der Waals surface area contributed by atoms with E-state index in [2.05, 4.69) is 10.6 Å². The van der Waals surface area contributed by atoms with Crippen LogP contribution >= 0.6 is 22.9 Å². The molecule has 3 aromatic rings. The van der Waals surface area contributed by atoms with Crippen LogP contribution in [0.1, 0.15) is 20.8 Å². The Bertz CT molecular complexity index is 1010. The number of thiophene rings is 1. The van der Waals surface area contributed by atoms with Crippen molar-refractivity contribution in [2.45, 2.75) is 6.42 Å². The largest absolute Gasteiger partial charge is 0.497 e. The van der Waals surface area contributed by atoms with Crippen LogP contribution in [0.3, 0.4) is 0 Å². The zero-order valence-corrected chi connectivity index (χ0v) is 17.9. The third-order valence-corrected chi connectivity index (χ3v) is 5.36. The van der Waals surface area contributed by atoms with E-state index in [-0.39, 0.29) is 17.5 Å². The molecule has 2 amide bonds. The van der Waals surface area contributed by atoms with E-state index in [1.165, 1.54) is 11.3 Å². The van der Waals surface area contributed by atoms with Gasteiger partial charge in [0.25, 0.3) is 11.8 Å². The Morgan fingerprint density at radius 3 is 2.43 bits per heavy atom. The van der Waals surface area contributed by atoms with Gasteiger partial charge >= 0.3 is 0 Å². The number of rotatable bonds is 8. The van der Waals surface area contributed by atoms with E-state index in [9.17, 15) is 9.59 Å². The Morgan fingerprint density at radius 1 is 1.07 bits per heavy atom. The molecular formula is C23H21ClN2O3S. The van der Waals surface area contributed by atoms with Gasteiger partial charge in [-0.2, -0.15) is 0 Å². The van der Waals surface area contributed by atoms with Gasteiger partial charge in [0.15, 0.2) is 0 Å². The van der Waals surface area contributed by atoms with Crippen LogP contribution in [0.15, 0.2) is 71.7 Å². The first-order chi connectivity index (χ1) is 14.5. The van der Waals surface area contributed by atoms with Crippen LogP contribution in [0.4, 0.5) is 0 Å². The lowest BCUT2D eigenvalue weighted by Gasteiger charge is -2.11. The summed E-state index contributed by atoms with van der Waals surface area (Å²) in [4.78, 5) is 26.3. The van der Waals surface area contributed by atoms with Crippen molar-refractivity contribution in [3.05, 3.63) is 92.8 Å². The summed E-state index contributed by atoms with van der Waals surface area (Å²) in [6.07, 6.45) is 2.32. The van der Waals surface area contributed by atoms with Crippen molar-refractivity contribution in [2.75, 3.05) is 13.7 Å². The van der Waals surface area contributed by atoms with Gasteiger partial charge in [0.05, 0.1) is 7.11 Å². The summed E-state index contributed by atoms with van der Waals surface area (Å²) in [6.45, 7) is 0.431. The lowest BCUT2D eigenvalue weighted by molar-refractivity contribution is -0.117. The van der Waals surface area contributed by atoms with Crippen molar-refractivity contribution >= 4 is 40.8 Å². The van der Waals surface area contributed by atoms with Gasteiger partial charge < -0.3 is 15.4 Å². The van der Waals surface area contributed by atoms with Crippen molar-refractivity contribution in [2.24, 2.45) is 0 Å². The molecule has 0 aliphatic carbocycles. The number of hydrogen-bond acceptors (Lipinski definition) is 4. The second-order valence-electron chi connectivity index (χ2n) is 6.39. The predicted octanol–water partition coefficient (Wildman–Crippen LogP) is 4.54. The van der Waals surface area contributed by atoms with Gasteiger partial charge in [0, 0.05) is 22.0 Å². The van der Waals surface area contributed by atoms with Crippen LogP contribution < -0.4 is 15.4 Å². The number of carbonyl (C=O) groups excluding carboxylic acids is 2. The molecule has 0 atom stereocenters. The van der Waals surface area contributed by atoms with E-state index in [0.29, 0.717) is 29.3 Å². The van der Waals surface area contributed by atoms with Crippen molar-refractivity contribution in [1.29, 1.82) is 0 Å². The van der Waals surface area contributed by atoms with Crippen LogP contribution in [-0.4, -0.2) is 25.5 Å². The highest BCUT2D eigenvalue weighted by atomic mass is 35.5. The molecule has 2 aromatic carbocycles. The van der Waals surface area contributed by atoms with E-state index in [1.54, 1.807) is 37.5 Å². The molecule has 1 heterocycles. The molecule has 2 N–H and O–H groups in total. The Kier molecular flexibility index (Phi) is 7.65. The van der Waals surface area contributed by atoms with E-state index in [4.69, 9.17) is 16.3 Å². The second-order valence-corrected chi connectivity index (χ2v) is 7.80. The van der Waals surface area contributed by atoms with E-state index < -0.39 is 0 Å². The zero-order chi connectivity index (χ0) is 21.3. The summed E-state index contributed by atoms with van der Waals surface area (Å²) in [5.41, 5.74) is 1.68. The van der Waals surface area contributed by atoms with Crippen LogP contribution in [0.25, 0.3) is 6.08 Å². The molecule has 0 aliphatic rings. The van der Waals surface area contributed by atoms with Gasteiger partial charge in [-0.1, -0.05) is 29.8 Å². The van der Waals surface area contributed by atoms with Gasteiger partial charge in [-0.05, 0) is 65.9 Å². The van der Waals surface area contributed by atoms with Crippen molar-refractivity contribution in [3.63, 3.8) is 0 Å². The van der Waals surface area contributed by atoms with Crippen LogP contribution in [-0.2, 0) is 11.2 Å². The highest BCUT2D eigenvalue weighted by Crippen LogP contribution is 2.15. The number of ether oxygens (including phenoxy) is 1. The molecule has 0 radical (unpaired) electrons. The fourth-order valence-corrected chi connectivity index (χ4v) is 3.46. The minimum absolute atomic E-state index is 0.189. The molecule has 30 heavy (non-hydrogen) atoms. The van der Waals surface area contributed by atoms with Crippen LogP contribution in [0.5, 0.6) is 5.75 Å². The first kappa shape index (κ1) is 21.6. The molecule has 154 valence electrons. The summed E-state index contributed by atoms with van der Waals surface area (Å²) in [5.74, 6) is -0.0617. The topological polar surface area (TPSA) is 67.4 Å². The fraction of sp³-hybridized carbons (Fsp3) is 0.130. The maximum Gasteiger partial charge on any atom is 0.267 e. The quantitative estimate of drug-likeness (QED) is 0.505. The number of amides is 2. The molecule has 0 fully saturated rings. The minimum atomic E-state index is -0.367. The molecular weight excluding hydrogens is 420 g/mol. The summed E-state index contributed by atoms with van der Waals surface area (Å²) in [5, 5.41) is 8.17. The zero-order valence-electron chi connectivity index (χ0n) is 16.4. The van der Waals surface area contributed by atoms with Gasteiger partial charge in [0.2, 0.25) is 0 Å². The third kappa shape index (κ3) is 6.20. The molecule has 0 saturated heterocycles. The average molecular weight is 441 g/mol. The standard InChI is InChI=1S/C23H21ClN2O3S/c1-29-19-10-6-17(7-11-19)22(27)26-21(15-20-3-2-14-30-20)23(28)25-13-12-16-4-8-18(24)9-5-16/h2-11,14-15H,12-13H2,1H3,(H,25,28)(H,26,27)/b21-15-. The summed E-state index contributed by atoms with van der Waals surface area (Å²) in [6, 6.07) is 17.9. The van der Waals surface area contributed by atoms with E-state index >= 15 is 0 Å². The molecule has 0 aliphatic heterocycles. The van der Waals surface area contributed by atoms with Gasteiger partial charge in [-0.3, -0.25) is 9.59 Å². The van der Waals surface area contributed by atoms with Crippen molar-refractivity contribution in [3.8, 4) is 5.75 Å². The summed E-state index contributed by atoms with van der Waals surface area (Å²) in [7, 11) is 1.56. The van der Waals surface area contributed by atoms with Gasteiger partial charge in [0.1, 0.15) is 11.4 Å². The van der Waals surface area contributed by atoms with E-state index in [0.717, 1.165) is 10.4 Å².